The van der Waals surface area contributed by atoms with Crippen LogP contribution in [0.4, 0.5) is 0 Å². The summed E-state index contributed by atoms with van der Waals surface area (Å²) in [5, 5.41) is 8.88. The Balaban J connectivity index is 1.49. The second kappa shape index (κ2) is 9.18. The van der Waals surface area contributed by atoms with Crippen LogP contribution in [0, 0.1) is 5.41 Å². The van der Waals surface area contributed by atoms with Gasteiger partial charge in [0.15, 0.2) is 0 Å². The van der Waals surface area contributed by atoms with Crippen molar-refractivity contribution in [1.82, 2.24) is 14.4 Å². The third-order valence-electron chi connectivity index (χ3n) is 7.01. The lowest BCUT2D eigenvalue weighted by molar-refractivity contribution is -0.142. The molecule has 2 amide bonds. The summed E-state index contributed by atoms with van der Waals surface area (Å²) in [4.78, 5) is 29.2. The minimum absolute atomic E-state index is 0.0771. The molecule has 0 unspecified atom stereocenters. The molecule has 0 spiro atoms. The predicted octanol–water partition coefficient (Wildman–Crippen LogP) is 3.05. The van der Waals surface area contributed by atoms with Crippen LogP contribution in [-0.2, 0) is 22.6 Å². The second-order valence-electron chi connectivity index (χ2n) is 8.83. The van der Waals surface area contributed by atoms with E-state index >= 15 is 0 Å². The lowest BCUT2D eigenvalue weighted by atomic mass is 10.1. The molecule has 7 nitrogen and oxygen atoms in total. The third-order valence-corrected chi connectivity index (χ3v) is 7.01. The van der Waals surface area contributed by atoms with E-state index in [0.717, 1.165) is 68.1 Å². The van der Waals surface area contributed by atoms with E-state index in [-0.39, 0.29) is 29.7 Å². The first-order valence-corrected chi connectivity index (χ1v) is 11.6. The fraction of sp³-hybridized carbons (Fsp3) is 0.480. The normalized spacial score (nSPS) is 20.8. The van der Waals surface area contributed by atoms with E-state index in [1.807, 2.05) is 23.1 Å². The molecule has 0 radical (unpaired) electrons. The van der Waals surface area contributed by atoms with E-state index in [9.17, 15) is 9.59 Å². The smallest absolute Gasteiger partial charge is 0.246 e. The molecule has 32 heavy (non-hydrogen) atoms. The Morgan fingerprint density at radius 3 is 2.66 bits per heavy atom. The molecular weight excluding hydrogens is 402 g/mol. The van der Waals surface area contributed by atoms with Crippen LogP contribution in [0.15, 0.2) is 36.9 Å². The van der Waals surface area contributed by atoms with Gasteiger partial charge in [-0.25, -0.2) is 0 Å². The van der Waals surface area contributed by atoms with Crippen LogP contribution in [0.5, 0.6) is 0 Å². The van der Waals surface area contributed by atoms with Crippen LogP contribution < -0.4 is 5.73 Å². The zero-order valence-electron chi connectivity index (χ0n) is 18.8. The molecule has 4 rings (SSSR count). The summed E-state index contributed by atoms with van der Waals surface area (Å²) in [6.07, 6.45) is 6.73. The predicted molar refractivity (Wildman–Crippen MR) is 127 cm³/mol. The molecule has 2 atom stereocenters. The minimum atomic E-state index is -0.340. The maximum Gasteiger partial charge on any atom is 0.246 e. The first-order valence-electron chi connectivity index (χ1n) is 11.6. The number of nitrogen functional groups attached to an aromatic ring is 1. The van der Waals surface area contributed by atoms with Crippen molar-refractivity contribution < 1.29 is 9.59 Å². The summed E-state index contributed by atoms with van der Waals surface area (Å²) in [5.41, 5.74) is 8.76. The highest BCUT2D eigenvalue weighted by Crippen LogP contribution is 2.29. The first-order chi connectivity index (χ1) is 15.4. The van der Waals surface area contributed by atoms with Crippen molar-refractivity contribution >= 4 is 28.6 Å². The molecular formula is C25H33N5O2. The van der Waals surface area contributed by atoms with E-state index in [1.54, 1.807) is 4.90 Å². The van der Waals surface area contributed by atoms with Crippen LogP contribution >= 0.6 is 0 Å². The number of likely N-dealkylation sites (tertiary alicyclic amines) is 2. The Kier molecular flexibility index (Phi) is 6.35. The van der Waals surface area contributed by atoms with Gasteiger partial charge in [0.25, 0.3) is 0 Å². The average molecular weight is 436 g/mol. The highest BCUT2D eigenvalue weighted by Gasteiger charge is 2.39. The number of hydrogen-bond acceptors (Lipinski definition) is 3. The van der Waals surface area contributed by atoms with Gasteiger partial charge in [-0.3, -0.25) is 15.0 Å². The van der Waals surface area contributed by atoms with Gasteiger partial charge in [-0.2, -0.15) is 0 Å². The molecule has 170 valence electrons. The van der Waals surface area contributed by atoms with Crippen molar-refractivity contribution in [3.63, 3.8) is 0 Å². The fourth-order valence-electron chi connectivity index (χ4n) is 5.40. The number of rotatable bonds is 7. The van der Waals surface area contributed by atoms with Crippen molar-refractivity contribution in [1.29, 1.82) is 5.41 Å². The molecule has 2 aromatic rings. The van der Waals surface area contributed by atoms with Crippen LogP contribution in [0.25, 0.3) is 10.9 Å². The lowest BCUT2D eigenvalue weighted by Crippen LogP contribution is -2.49. The Bertz CT molecular complexity index is 1060. The number of fused-ring (bicyclic) bond motifs is 1. The first kappa shape index (κ1) is 22.1. The summed E-state index contributed by atoms with van der Waals surface area (Å²) in [7, 11) is 0. The second-order valence-corrected chi connectivity index (χ2v) is 8.83. The average Bonchev–Trinajstić information content (AvgIpc) is 3.53. The summed E-state index contributed by atoms with van der Waals surface area (Å²) in [6, 6.07) is 7.99. The van der Waals surface area contributed by atoms with Crippen molar-refractivity contribution in [2.45, 2.75) is 64.1 Å². The molecule has 7 heteroatoms. The molecule has 2 saturated heterocycles. The van der Waals surface area contributed by atoms with Gasteiger partial charge < -0.3 is 20.1 Å². The Hall–Kier alpha value is -3.09. The Labute approximate surface area is 189 Å². The number of aryl methyl sites for hydroxylation is 2. The van der Waals surface area contributed by atoms with Crippen molar-refractivity contribution in [3.05, 3.63) is 48.2 Å². The number of amides is 2. The minimum Gasteiger partial charge on any atom is -0.384 e. The van der Waals surface area contributed by atoms with Crippen LogP contribution in [0.3, 0.4) is 0 Å². The molecule has 0 aliphatic carbocycles. The van der Waals surface area contributed by atoms with Gasteiger partial charge in [-0.05, 0) is 69.0 Å². The molecule has 0 saturated carbocycles. The van der Waals surface area contributed by atoms with Gasteiger partial charge in [0.05, 0.1) is 0 Å². The number of nitrogens with two attached hydrogens (primary N) is 1. The Morgan fingerprint density at radius 1 is 1.19 bits per heavy atom. The van der Waals surface area contributed by atoms with E-state index in [4.69, 9.17) is 11.1 Å². The largest absolute Gasteiger partial charge is 0.384 e. The summed E-state index contributed by atoms with van der Waals surface area (Å²) in [6.45, 7) is 7.96. The monoisotopic (exact) mass is 435 g/mol. The van der Waals surface area contributed by atoms with Crippen LogP contribution in [0.2, 0.25) is 0 Å². The molecule has 1 aromatic carbocycles. The van der Waals surface area contributed by atoms with E-state index in [0.29, 0.717) is 6.54 Å². The third kappa shape index (κ3) is 4.04. The van der Waals surface area contributed by atoms with Gasteiger partial charge in [-0.15, -0.1) is 0 Å². The molecule has 3 heterocycles. The highest BCUT2D eigenvalue weighted by atomic mass is 16.2. The summed E-state index contributed by atoms with van der Waals surface area (Å²) in [5.74, 6) is 0.0321. The van der Waals surface area contributed by atoms with Crippen molar-refractivity contribution in [3.8, 4) is 0 Å². The number of aromatic nitrogens is 1. The standard InChI is InChI=1S/C25H33N5O2/c1-3-23(31)30-14-6-8-21(30)25(32)29-13-5-7-19(29)11-12-20-15-17-9-10-18(24(26)27)16-22(17)28(20)4-2/h3,9-10,15-16,19,21H,1,4-8,11-14H2,2H3,(H3,26,27)/t19-,21+/m0/s1. The van der Waals surface area contributed by atoms with Gasteiger partial charge in [-0.1, -0.05) is 18.7 Å². The number of carbonyl (C=O) groups excluding carboxylic acids is 2. The topological polar surface area (TPSA) is 95.4 Å². The molecule has 3 N–H and O–H groups in total. The zero-order valence-corrected chi connectivity index (χ0v) is 18.8. The van der Waals surface area contributed by atoms with E-state index in [1.165, 1.54) is 11.8 Å². The molecule has 1 aromatic heterocycles. The van der Waals surface area contributed by atoms with Crippen molar-refractivity contribution in [2.75, 3.05) is 13.1 Å². The number of hydrogen-bond donors (Lipinski definition) is 2. The van der Waals surface area contributed by atoms with Crippen LogP contribution in [-0.4, -0.2) is 57.2 Å². The summed E-state index contributed by atoms with van der Waals surface area (Å²) >= 11 is 0. The number of amidine groups is 1. The van der Waals surface area contributed by atoms with Gasteiger partial charge in [0.1, 0.15) is 11.9 Å². The maximum absolute atomic E-state index is 13.3. The zero-order chi connectivity index (χ0) is 22.8. The van der Waals surface area contributed by atoms with Gasteiger partial charge in [0.2, 0.25) is 11.8 Å². The van der Waals surface area contributed by atoms with Crippen molar-refractivity contribution in [2.24, 2.45) is 5.73 Å². The van der Waals surface area contributed by atoms with Gasteiger partial charge in [0, 0.05) is 42.5 Å². The lowest BCUT2D eigenvalue weighted by Gasteiger charge is -2.31. The fourth-order valence-corrected chi connectivity index (χ4v) is 5.40. The molecule has 0 bridgehead atoms. The van der Waals surface area contributed by atoms with Crippen LogP contribution in [0.1, 0.15) is 50.3 Å². The molecule has 2 aliphatic heterocycles. The van der Waals surface area contributed by atoms with E-state index < -0.39 is 0 Å². The van der Waals surface area contributed by atoms with Gasteiger partial charge >= 0.3 is 0 Å². The number of nitrogens with zero attached hydrogens (tertiary/aromatic N) is 3. The quantitative estimate of drug-likeness (QED) is 0.397. The number of carbonyl (C=O) groups is 2. The number of nitrogens with one attached hydrogen (secondary N) is 1. The molecule has 2 fully saturated rings. The number of benzene rings is 1. The highest BCUT2D eigenvalue weighted by molar-refractivity contribution is 5.98. The molecule has 2 aliphatic rings. The Morgan fingerprint density at radius 2 is 1.94 bits per heavy atom. The maximum atomic E-state index is 13.3. The SMILES string of the molecule is C=CC(=O)N1CCC[C@@H]1C(=O)N1CCC[C@H]1CCc1cc2ccc(C(=N)N)cc2n1CC. The van der Waals surface area contributed by atoms with E-state index in [2.05, 4.69) is 24.1 Å². The summed E-state index contributed by atoms with van der Waals surface area (Å²) < 4.78 is 2.28.